The second-order valence-electron chi connectivity index (χ2n) is 5.00. The quantitative estimate of drug-likeness (QED) is 0.883. The van der Waals surface area contributed by atoms with Gasteiger partial charge < -0.3 is 10.4 Å². The van der Waals surface area contributed by atoms with Gasteiger partial charge in [-0.3, -0.25) is 4.79 Å². The number of hydrogen-bond donors (Lipinski definition) is 2. The first-order valence-electron chi connectivity index (χ1n) is 6.46. The van der Waals surface area contributed by atoms with Crippen molar-refractivity contribution in [3.63, 3.8) is 0 Å². The van der Waals surface area contributed by atoms with Crippen molar-refractivity contribution in [3.8, 4) is 0 Å². The third-order valence-corrected chi connectivity index (χ3v) is 3.67. The van der Waals surface area contributed by atoms with Gasteiger partial charge in [0.25, 0.3) is 0 Å². The van der Waals surface area contributed by atoms with Crippen molar-refractivity contribution in [2.75, 3.05) is 0 Å². The highest BCUT2D eigenvalue weighted by Gasteiger charge is 2.25. The zero-order valence-corrected chi connectivity index (χ0v) is 10.5. The molecule has 0 aliphatic heterocycles. The molecule has 0 radical (unpaired) electrons. The van der Waals surface area contributed by atoms with Crippen LogP contribution in [0.1, 0.15) is 31.2 Å². The fraction of sp³-hybridized carbons (Fsp3) is 0.500. The molecule has 1 fully saturated rings. The summed E-state index contributed by atoms with van der Waals surface area (Å²) in [6.07, 6.45) is 2.86. The van der Waals surface area contributed by atoms with E-state index >= 15 is 0 Å². The van der Waals surface area contributed by atoms with Gasteiger partial charge >= 0.3 is 5.97 Å². The van der Waals surface area contributed by atoms with E-state index in [9.17, 15) is 13.6 Å². The lowest BCUT2D eigenvalue weighted by Gasteiger charge is -2.27. The Balaban J connectivity index is 1.82. The summed E-state index contributed by atoms with van der Waals surface area (Å²) in [6.45, 7) is 0.342. The van der Waals surface area contributed by atoms with E-state index in [0.29, 0.717) is 24.9 Å². The van der Waals surface area contributed by atoms with Gasteiger partial charge in [-0.15, -0.1) is 0 Å². The number of benzene rings is 1. The first kappa shape index (κ1) is 13.9. The van der Waals surface area contributed by atoms with Crippen molar-refractivity contribution < 1.29 is 18.7 Å². The molecule has 2 N–H and O–H groups in total. The average Bonchev–Trinajstić information content (AvgIpc) is 2.38. The zero-order valence-electron chi connectivity index (χ0n) is 10.5. The summed E-state index contributed by atoms with van der Waals surface area (Å²) in [6, 6.07) is 3.75. The summed E-state index contributed by atoms with van der Waals surface area (Å²) < 4.78 is 26.2. The lowest BCUT2D eigenvalue weighted by atomic mass is 9.86. The van der Waals surface area contributed by atoms with Gasteiger partial charge in [0, 0.05) is 24.2 Å². The van der Waals surface area contributed by atoms with Crippen LogP contribution in [0.3, 0.4) is 0 Å². The smallest absolute Gasteiger partial charge is 0.306 e. The van der Waals surface area contributed by atoms with E-state index in [1.54, 1.807) is 0 Å². The lowest BCUT2D eigenvalue weighted by molar-refractivity contribution is -0.142. The Morgan fingerprint density at radius 3 is 2.53 bits per heavy atom. The van der Waals surface area contributed by atoms with Crippen molar-refractivity contribution >= 4 is 5.97 Å². The maximum atomic E-state index is 13.4. The first-order valence-corrected chi connectivity index (χ1v) is 6.46. The summed E-state index contributed by atoms with van der Waals surface area (Å²) >= 11 is 0. The number of hydrogen-bond acceptors (Lipinski definition) is 2. The number of carboxylic acids is 1. The Bertz CT molecular complexity index is 457. The molecule has 0 heterocycles. The summed E-state index contributed by atoms with van der Waals surface area (Å²) in [5.41, 5.74) is 0.432. The topological polar surface area (TPSA) is 49.3 Å². The van der Waals surface area contributed by atoms with Gasteiger partial charge in [-0.05, 0) is 31.7 Å². The Labute approximate surface area is 110 Å². The average molecular weight is 269 g/mol. The largest absolute Gasteiger partial charge is 0.481 e. The Morgan fingerprint density at radius 2 is 1.95 bits per heavy atom. The number of rotatable bonds is 4. The molecule has 1 aromatic rings. The van der Waals surface area contributed by atoms with Crippen LogP contribution in [0.25, 0.3) is 0 Å². The molecule has 1 aliphatic rings. The van der Waals surface area contributed by atoms with Crippen LogP contribution in [0.15, 0.2) is 18.2 Å². The SMILES string of the molecule is O=C(O)C1CCC(NCc2ccc(F)cc2F)CC1. The van der Waals surface area contributed by atoms with Crippen LogP contribution in [0.2, 0.25) is 0 Å². The van der Waals surface area contributed by atoms with Crippen molar-refractivity contribution in [1.29, 1.82) is 0 Å². The van der Waals surface area contributed by atoms with E-state index in [-0.39, 0.29) is 12.0 Å². The number of carboxylic acid groups (broad SMARTS) is 1. The van der Waals surface area contributed by atoms with Crippen LogP contribution in [0, 0.1) is 17.6 Å². The Kier molecular flexibility index (Phi) is 4.47. The van der Waals surface area contributed by atoms with Crippen LogP contribution in [-0.4, -0.2) is 17.1 Å². The highest BCUT2D eigenvalue weighted by molar-refractivity contribution is 5.70. The van der Waals surface area contributed by atoms with Crippen LogP contribution in [0.4, 0.5) is 8.78 Å². The monoisotopic (exact) mass is 269 g/mol. The molecule has 19 heavy (non-hydrogen) atoms. The number of carbonyl (C=O) groups is 1. The van der Waals surface area contributed by atoms with E-state index in [1.165, 1.54) is 12.1 Å². The molecular formula is C14H17F2NO2. The molecule has 0 saturated heterocycles. The summed E-state index contributed by atoms with van der Waals surface area (Å²) in [5, 5.41) is 12.1. The molecule has 2 rings (SSSR count). The molecule has 1 aliphatic carbocycles. The van der Waals surface area contributed by atoms with E-state index in [2.05, 4.69) is 5.32 Å². The zero-order chi connectivity index (χ0) is 13.8. The van der Waals surface area contributed by atoms with Crippen molar-refractivity contribution in [3.05, 3.63) is 35.4 Å². The number of aliphatic carboxylic acids is 1. The number of nitrogens with one attached hydrogen (secondary N) is 1. The van der Waals surface area contributed by atoms with Gasteiger partial charge in [0.15, 0.2) is 0 Å². The van der Waals surface area contributed by atoms with Crippen molar-refractivity contribution in [1.82, 2.24) is 5.32 Å². The van der Waals surface area contributed by atoms with Gasteiger partial charge in [-0.2, -0.15) is 0 Å². The Hall–Kier alpha value is -1.49. The third-order valence-electron chi connectivity index (χ3n) is 3.67. The minimum absolute atomic E-state index is 0.208. The van der Waals surface area contributed by atoms with Crippen molar-refractivity contribution in [2.45, 2.75) is 38.3 Å². The van der Waals surface area contributed by atoms with Crippen LogP contribution in [0.5, 0.6) is 0 Å². The summed E-state index contributed by atoms with van der Waals surface area (Å²) in [7, 11) is 0. The van der Waals surface area contributed by atoms with E-state index in [4.69, 9.17) is 5.11 Å². The lowest BCUT2D eigenvalue weighted by Crippen LogP contribution is -2.34. The van der Waals surface area contributed by atoms with Crippen LogP contribution >= 0.6 is 0 Å². The van der Waals surface area contributed by atoms with E-state index in [0.717, 1.165) is 18.9 Å². The van der Waals surface area contributed by atoms with E-state index in [1.807, 2.05) is 0 Å². The molecule has 1 saturated carbocycles. The maximum absolute atomic E-state index is 13.4. The molecule has 0 atom stereocenters. The molecule has 0 aromatic heterocycles. The molecular weight excluding hydrogens is 252 g/mol. The molecule has 104 valence electrons. The molecule has 1 aromatic carbocycles. The van der Waals surface area contributed by atoms with Gasteiger partial charge in [0.2, 0.25) is 0 Å². The summed E-state index contributed by atoms with van der Waals surface area (Å²) in [4.78, 5) is 10.8. The second-order valence-corrected chi connectivity index (χ2v) is 5.00. The highest BCUT2D eigenvalue weighted by Crippen LogP contribution is 2.24. The minimum atomic E-state index is -0.733. The molecule has 0 bridgehead atoms. The van der Waals surface area contributed by atoms with Gasteiger partial charge in [-0.25, -0.2) is 8.78 Å². The normalized spacial score (nSPS) is 23.3. The molecule has 0 spiro atoms. The minimum Gasteiger partial charge on any atom is -0.481 e. The Morgan fingerprint density at radius 1 is 1.26 bits per heavy atom. The second kappa shape index (κ2) is 6.10. The third kappa shape index (κ3) is 3.73. The molecule has 0 unspecified atom stereocenters. The van der Waals surface area contributed by atoms with Crippen molar-refractivity contribution in [2.24, 2.45) is 5.92 Å². The highest BCUT2D eigenvalue weighted by atomic mass is 19.1. The van der Waals surface area contributed by atoms with Gasteiger partial charge in [0.1, 0.15) is 11.6 Å². The molecule has 0 amide bonds. The summed E-state index contributed by atoms with van der Waals surface area (Å²) in [5.74, 6) is -2.11. The predicted octanol–water partition coefficient (Wildman–Crippen LogP) is 2.70. The van der Waals surface area contributed by atoms with Crippen LogP contribution < -0.4 is 5.32 Å². The van der Waals surface area contributed by atoms with Gasteiger partial charge in [-0.1, -0.05) is 6.07 Å². The maximum Gasteiger partial charge on any atom is 0.306 e. The fourth-order valence-electron chi connectivity index (χ4n) is 2.46. The molecule has 3 nitrogen and oxygen atoms in total. The fourth-order valence-corrected chi connectivity index (χ4v) is 2.46. The number of halogens is 2. The van der Waals surface area contributed by atoms with E-state index < -0.39 is 17.6 Å². The first-order chi connectivity index (χ1) is 9.06. The van der Waals surface area contributed by atoms with Gasteiger partial charge in [0.05, 0.1) is 5.92 Å². The molecule has 5 heteroatoms. The predicted molar refractivity (Wildman–Crippen MR) is 66.6 cm³/mol. The van der Waals surface area contributed by atoms with Crippen LogP contribution in [-0.2, 0) is 11.3 Å². The standard InChI is InChI=1S/C14H17F2NO2/c15-11-4-1-10(13(16)7-11)8-17-12-5-2-9(3-6-12)14(18)19/h1,4,7,9,12,17H,2-3,5-6,8H2,(H,18,19).